The molecule has 1 atom stereocenters. The Balaban J connectivity index is 1.99. The van der Waals surface area contributed by atoms with Crippen LogP contribution in [0.4, 0.5) is 0 Å². The first-order valence-corrected chi connectivity index (χ1v) is 7.46. The van der Waals surface area contributed by atoms with Crippen LogP contribution in [-0.4, -0.2) is 6.61 Å². The summed E-state index contributed by atoms with van der Waals surface area (Å²) in [6.45, 7) is 5.18. The van der Waals surface area contributed by atoms with E-state index < -0.39 is 0 Å². The van der Waals surface area contributed by atoms with Crippen molar-refractivity contribution in [3.63, 3.8) is 0 Å². The predicted molar refractivity (Wildman–Crippen MR) is 86.2 cm³/mol. The summed E-state index contributed by atoms with van der Waals surface area (Å²) in [5.74, 6) is 1.50. The van der Waals surface area contributed by atoms with Gasteiger partial charge in [0.05, 0.1) is 18.2 Å². The summed E-state index contributed by atoms with van der Waals surface area (Å²) < 4.78 is 5.80. The number of benzene rings is 2. The quantitative estimate of drug-likeness (QED) is 0.742. The summed E-state index contributed by atoms with van der Waals surface area (Å²) in [5, 5.41) is 8.81. The van der Waals surface area contributed by atoms with E-state index in [1.165, 1.54) is 12.8 Å². The van der Waals surface area contributed by atoms with Crippen LogP contribution in [0.3, 0.4) is 0 Å². The molecule has 2 aromatic rings. The minimum absolute atomic E-state index is 0.591. The first-order chi connectivity index (χ1) is 10.2. The third kappa shape index (κ3) is 4.36. The summed E-state index contributed by atoms with van der Waals surface area (Å²) in [7, 11) is 0. The number of nitriles is 1. The van der Waals surface area contributed by atoms with Crippen LogP contribution in [0, 0.1) is 17.2 Å². The van der Waals surface area contributed by atoms with E-state index in [-0.39, 0.29) is 0 Å². The zero-order valence-electron chi connectivity index (χ0n) is 12.7. The predicted octanol–water partition coefficient (Wildman–Crippen LogP) is 5.04. The standard InChI is InChI=1S/C19H21NO/c1-3-4-15(2)14-21-19-11-9-18(10-12-19)17-7-5-16(13-20)6-8-17/h5-12,15H,3-4,14H2,1-2H3. The molecule has 0 saturated heterocycles. The van der Waals surface area contributed by atoms with Crippen LogP contribution in [0.25, 0.3) is 11.1 Å². The number of nitrogens with zero attached hydrogens (tertiary/aromatic N) is 1. The molecule has 2 rings (SSSR count). The lowest BCUT2D eigenvalue weighted by Gasteiger charge is -2.12. The van der Waals surface area contributed by atoms with Crippen molar-refractivity contribution in [2.75, 3.05) is 6.61 Å². The van der Waals surface area contributed by atoms with Gasteiger partial charge in [-0.25, -0.2) is 0 Å². The monoisotopic (exact) mass is 279 g/mol. The van der Waals surface area contributed by atoms with E-state index in [4.69, 9.17) is 10.00 Å². The smallest absolute Gasteiger partial charge is 0.119 e. The first kappa shape index (κ1) is 15.1. The van der Waals surface area contributed by atoms with E-state index in [1.807, 2.05) is 36.4 Å². The molecule has 2 aromatic carbocycles. The fraction of sp³-hybridized carbons (Fsp3) is 0.316. The minimum Gasteiger partial charge on any atom is -0.493 e. The Hall–Kier alpha value is -2.27. The highest BCUT2D eigenvalue weighted by Crippen LogP contribution is 2.23. The van der Waals surface area contributed by atoms with Crippen molar-refractivity contribution < 1.29 is 4.74 Å². The molecule has 0 aliphatic heterocycles. The Morgan fingerprint density at radius 3 is 2.10 bits per heavy atom. The number of rotatable bonds is 6. The number of hydrogen-bond donors (Lipinski definition) is 0. The average molecular weight is 279 g/mol. The molecule has 0 amide bonds. The molecule has 0 aliphatic rings. The molecule has 0 spiro atoms. The van der Waals surface area contributed by atoms with Crippen LogP contribution >= 0.6 is 0 Å². The van der Waals surface area contributed by atoms with Gasteiger partial charge in [-0.15, -0.1) is 0 Å². The second-order valence-corrected chi connectivity index (χ2v) is 5.42. The molecule has 21 heavy (non-hydrogen) atoms. The molecule has 0 aromatic heterocycles. The summed E-state index contributed by atoms with van der Waals surface area (Å²) in [6.07, 6.45) is 2.39. The van der Waals surface area contributed by atoms with Crippen LogP contribution in [0.5, 0.6) is 5.75 Å². The van der Waals surface area contributed by atoms with Crippen LogP contribution in [0.1, 0.15) is 32.3 Å². The van der Waals surface area contributed by atoms with Crippen molar-refractivity contribution in [2.24, 2.45) is 5.92 Å². The molecule has 2 nitrogen and oxygen atoms in total. The molecule has 0 saturated carbocycles. The summed E-state index contributed by atoms with van der Waals surface area (Å²) in [4.78, 5) is 0. The maximum Gasteiger partial charge on any atom is 0.119 e. The molecule has 0 radical (unpaired) electrons. The molecule has 108 valence electrons. The zero-order valence-corrected chi connectivity index (χ0v) is 12.7. The van der Waals surface area contributed by atoms with E-state index in [9.17, 15) is 0 Å². The molecule has 0 aliphatic carbocycles. The van der Waals surface area contributed by atoms with E-state index in [0.717, 1.165) is 23.5 Å². The highest BCUT2D eigenvalue weighted by Gasteiger charge is 2.03. The van der Waals surface area contributed by atoms with Gasteiger partial charge < -0.3 is 4.74 Å². The SMILES string of the molecule is CCCC(C)COc1ccc(-c2ccc(C#N)cc2)cc1. The molecule has 0 N–H and O–H groups in total. The summed E-state index contributed by atoms with van der Waals surface area (Å²) >= 11 is 0. The lowest BCUT2D eigenvalue weighted by atomic mass is 10.0. The first-order valence-electron chi connectivity index (χ1n) is 7.46. The van der Waals surface area contributed by atoms with Crippen LogP contribution in [0.15, 0.2) is 48.5 Å². The average Bonchev–Trinajstić information content (AvgIpc) is 2.54. The third-order valence-electron chi connectivity index (χ3n) is 3.52. The highest BCUT2D eigenvalue weighted by atomic mass is 16.5. The van der Waals surface area contributed by atoms with Gasteiger partial charge in [0, 0.05) is 0 Å². The normalized spacial score (nSPS) is 11.7. The van der Waals surface area contributed by atoms with Gasteiger partial charge in [0.2, 0.25) is 0 Å². The highest BCUT2D eigenvalue weighted by molar-refractivity contribution is 5.64. The van der Waals surface area contributed by atoms with E-state index >= 15 is 0 Å². The lowest BCUT2D eigenvalue weighted by Crippen LogP contribution is -2.07. The van der Waals surface area contributed by atoms with Crippen LogP contribution < -0.4 is 4.74 Å². The van der Waals surface area contributed by atoms with Crippen molar-refractivity contribution in [1.29, 1.82) is 5.26 Å². The number of ether oxygens (including phenoxy) is 1. The van der Waals surface area contributed by atoms with Gasteiger partial charge >= 0.3 is 0 Å². The minimum atomic E-state index is 0.591. The third-order valence-corrected chi connectivity index (χ3v) is 3.52. The van der Waals surface area contributed by atoms with Crippen molar-refractivity contribution in [1.82, 2.24) is 0 Å². The second kappa shape index (κ2) is 7.50. The summed E-state index contributed by atoms with van der Waals surface area (Å²) in [5.41, 5.74) is 2.93. The molecular formula is C19H21NO. The lowest BCUT2D eigenvalue weighted by molar-refractivity contribution is 0.251. The molecule has 1 unspecified atom stereocenters. The van der Waals surface area contributed by atoms with Gasteiger partial charge in [-0.1, -0.05) is 44.5 Å². The van der Waals surface area contributed by atoms with Crippen molar-refractivity contribution in [3.05, 3.63) is 54.1 Å². The molecule has 0 fully saturated rings. The Kier molecular flexibility index (Phi) is 5.40. The maximum atomic E-state index is 8.81. The molecule has 0 heterocycles. The van der Waals surface area contributed by atoms with Gasteiger partial charge in [0.25, 0.3) is 0 Å². The van der Waals surface area contributed by atoms with Gasteiger partial charge in [-0.05, 0) is 47.7 Å². The van der Waals surface area contributed by atoms with E-state index in [1.54, 1.807) is 0 Å². The topological polar surface area (TPSA) is 33.0 Å². The van der Waals surface area contributed by atoms with E-state index in [2.05, 4.69) is 32.0 Å². The van der Waals surface area contributed by atoms with Gasteiger partial charge in [-0.2, -0.15) is 5.26 Å². The summed E-state index contributed by atoms with van der Waals surface area (Å²) in [6, 6.07) is 17.9. The Bertz CT molecular complexity index is 593. The van der Waals surface area contributed by atoms with Crippen LogP contribution in [-0.2, 0) is 0 Å². The molecular weight excluding hydrogens is 258 g/mol. The Labute approximate surface area is 127 Å². The van der Waals surface area contributed by atoms with Crippen molar-refractivity contribution in [2.45, 2.75) is 26.7 Å². The van der Waals surface area contributed by atoms with Crippen molar-refractivity contribution in [3.8, 4) is 22.9 Å². The maximum absolute atomic E-state index is 8.81. The largest absolute Gasteiger partial charge is 0.493 e. The van der Waals surface area contributed by atoms with Crippen LogP contribution in [0.2, 0.25) is 0 Å². The number of hydrogen-bond acceptors (Lipinski definition) is 2. The fourth-order valence-corrected chi connectivity index (χ4v) is 2.30. The van der Waals surface area contributed by atoms with Gasteiger partial charge in [0.15, 0.2) is 0 Å². The van der Waals surface area contributed by atoms with Gasteiger partial charge in [0.1, 0.15) is 5.75 Å². The zero-order chi connectivity index (χ0) is 15.1. The second-order valence-electron chi connectivity index (χ2n) is 5.42. The van der Waals surface area contributed by atoms with E-state index in [0.29, 0.717) is 11.5 Å². The molecule has 0 bridgehead atoms. The van der Waals surface area contributed by atoms with Gasteiger partial charge in [-0.3, -0.25) is 0 Å². The Morgan fingerprint density at radius 1 is 1.00 bits per heavy atom. The Morgan fingerprint density at radius 2 is 1.57 bits per heavy atom. The van der Waals surface area contributed by atoms with Crippen molar-refractivity contribution >= 4 is 0 Å². The fourth-order valence-electron chi connectivity index (χ4n) is 2.30. The molecule has 2 heteroatoms.